The first-order valence-electron chi connectivity index (χ1n) is 9.87. The number of aromatic nitrogens is 2. The van der Waals surface area contributed by atoms with E-state index in [0.29, 0.717) is 13.2 Å². The van der Waals surface area contributed by atoms with E-state index in [9.17, 15) is 0 Å². The second-order valence-electron chi connectivity index (χ2n) is 6.79. The van der Waals surface area contributed by atoms with E-state index in [1.165, 1.54) is 11.1 Å². The molecule has 0 radical (unpaired) electrons. The molecule has 160 valence electrons. The molecule has 0 atom stereocenters. The third-order valence-electron chi connectivity index (χ3n) is 4.63. The van der Waals surface area contributed by atoms with E-state index >= 15 is 0 Å². The van der Waals surface area contributed by atoms with Gasteiger partial charge in [-0.05, 0) is 30.2 Å². The highest BCUT2D eigenvalue weighted by Gasteiger charge is 2.09. The Balaban J connectivity index is 0.00000320. The number of guanidine groups is 1. The van der Waals surface area contributed by atoms with Crippen molar-refractivity contribution in [2.75, 3.05) is 20.7 Å². The monoisotopic (exact) mass is 519 g/mol. The van der Waals surface area contributed by atoms with Crippen LogP contribution in [0.2, 0.25) is 0 Å². The molecule has 3 aromatic rings. The fraction of sp³-hybridized carbons (Fsp3) is 0.304. The first kappa shape index (κ1) is 23.7. The maximum absolute atomic E-state index is 5.51. The van der Waals surface area contributed by atoms with Gasteiger partial charge in [-0.1, -0.05) is 42.5 Å². The maximum atomic E-state index is 5.51. The van der Waals surface area contributed by atoms with Crippen LogP contribution in [-0.4, -0.2) is 41.1 Å². The first-order chi connectivity index (χ1) is 14.2. The zero-order valence-electron chi connectivity index (χ0n) is 17.8. The minimum Gasteiger partial charge on any atom is -0.494 e. The van der Waals surface area contributed by atoms with Gasteiger partial charge in [0, 0.05) is 39.6 Å². The van der Waals surface area contributed by atoms with Crippen molar-refractivity contribution in [2.45, 2.75) is 26.6 Å². The molecular formula is C23H30IN5O. The minimum atomic E-state index is 0. The number of hydrogen-bond donors (Lipinski definition) is 1. The van der Waals surface area contributed by atoms with E-state index in [1.807, 2.05) is 44.6 Å². The topological polar surface area (TPSA) is 54.7 Å². The number of nitrogens with one attached hydrogen (secondary N) is 1. The van der Waals surface area contributed by atoms with Gasteiger partial charge >= 0.3 is 0 Å². The van der Waals surface area contributed by atoms with Gasteiger partial charge in [0.05, 0.1) is 13.2 Å². The summed E-state index contributed by atoms with van der Waals surface area (Å²) in [6.07, 6.45) is 3.85. The van der Waals surface area contributed by atoms with E-state index in [1.54, 1.807) is 7.05 Å². The Morgan fingerprint density at radius 3 is 2.50 bits per heavy atom. The zero-order chi connectivity index (χ0) is 20.5. The van der Waals surface area contributed by atoms with Crippen molar-refractivity contribution < 1.29 is 4.74 Å². The number of aliphatic imine (C=N–C) groups is 1. The second kappa shape index (κ2) is 12.2. The molecule has 0 spiro atoms. The fourth-order valence-corrected chi connectivity index (χ4v) is 3.18. The van der Waals surface area contributed by atoms with Crippen molar-refractivity contribution >= 4 is 29.9 Å². The smallest absolute Gasteiger partial charge is 0.194 e. The van der Waals surface area contributed by atoms with Crippen LogP contribution in [0.15, 0.2) is 72.0 Å². The molecule has 0 saturated carbocycles. The van der Waals surface area contributed by atoms with Crippen LogP contribution in [0.4, 0.5) is 0 Å². The molecule has 1 N–H and O–H groups in total. The van der Waals surface area contributed by atoms with E-state index in [4.69, 9.17) is 4.74 Å². The molecule has 0 amide bonds. The lowest BCUT2D eigenvalue weighted by Gasteiger charge is -2.22. The highest BCUT2D eigenvalue weighted by molar-refractivity contribution is 14.0. The number of halogens is 1. The van der Waals surface area contributed by atoms with Crippen molar-refractivity contribution in [3.05, 3.63) is 83.9 Å². The van der Waals surface area contributed by atoms with Crippen LogP contribution in [0.1, 0.15) is 23.9 Å². The highest BCUT2D eigenvalue weighted by Crippen LogP contribution is 2.13. The minimum absolute atomic E-state index is 0. The molecule has 0 aliphatic rings. The van der Waals surface area contributed by atoms with Crippen LogP contribution >= 0.6 is 24.0 Å². The molecule has 1 heterocycles. The van der Waals surface area contributed by atoms with Gasteiger partial charge in [-0.3, -0.25) is 4.99 Å². The summed E-state index contributed by atoms with van der Waals surface area (Å²) in [6, 6.07) is 18.6. The van der Waals surface area contributed by atoms with E-state index < -0.39 is 0 Å². The molecule has 0 bridgehead atoms. The Morgan fingerprint density at radius 1 is 1.10 bits per heavy atom. The van der Waals surface area contributed by atoms with Crippen LogP contribution in [0.5, 0.6) is 5.75 Å². The number of nitrogens with zero attached hydrogens (tertiary/aromatic N) is 4. The molecule has 0 saturated heterocycles. The SMILES string of the molecule is CCOc1ccc(CN(C)C(=NC)NCc2nccn2Cc2ccccc2)cc1.I. The lowest BCUT2D eigenvalue weighted by Crippen LogP contribution is -2.38. The summed E-state index contributed by atoms with van der Waals surface area (Å²) < 4.78 is 7.66. The fourth-order valence-electron chi connectivity index (χ4n) is 3.18. The van der Waals surface area contributed by atoms with E-state index in [2.05, 4.69) is 61.2 Å². The predicted octanol–water partition coefficient (Wildman–Crippen LogP) is 4.16. The van der Waals surface area contributed by atoms with E-state index in [-0.39, 0.29) is 24.0 Å². The lowest BCUT2D eigenvalue weighted by molar-refractivity contribution is 0.340. The van der Waals surface area contributed by atoms with Crippen molar-refractivity contribution in [3.8, 4) is 5.75 Å². The lowest BCUT2D eigenvalue weighted by atomic mass is 10.2. The predicted molar refractivity (Wildman–Crippen MR) is 132 cm³/mol. The summed E-state index contributed by atoms with van der Waals surface area (Å²) in [4.78, 5) is 11.0. The van der Waals surface area contributed by atoms with Gasteiger partial charge in [0.15, 0.2) is 5.96 Å². The number of imidazole rings is 1. The third-order valence-corrected chi connectivity index (χ3v) is 4.63. The zero-order valence-corrected chi connectivity index (χ0v) is 20.1. The summed E-state index contributed by atoms with van der Waals surface area (Å²) in [5.74, 6) is 2.70. The van der Waals surface area contributed by atoms with Crippen LogP contribution in [0.25, 0.3) is 0 Å². The molecule has 7 heteroatoms. The summed E-state index contributed by atoms with van der Waals surface area (Å²) in [5, 5.41) is 3.42. The van der Waals surface area contributed by atoms with Crippen molar-refractivity contribution in [1.82, 2.24) is 19.8 Å². The van der Waals surface area contributed by atoms with Crippen LogP contribution in [0, 0.1) is 0 Å². The Labute approximate surface area is 196 Å². The summed E-state index contributed by atoms with van der Waals surface area (Å²) in [6.45, 7) is 4.83. The molecule has 3 rings (SSSR count). The molecule has 6 nitrogen and oxygen atoms in total. The van der Waals surface area contributed by atoms with Crippen LogP contribution in [0.3, 0.4) is 0 Å². The van der Waals surface area contributed by atoms with Gasteiger partial charge in [-0.15, -0.1) is 24.0 Å². The number of ether oxygens (including phenoxy) is 1. The Bertz CT molecular complexity index is 909. The van der Waals surface area contributed by atoms with Crippen LogP contribution in [-0.2, 0) is 19.6 Å². The van der Waals surface area contributed by atoms with E-state index in [0.717, 1.165) is 30.6 Å². The number of hydrogen-bond acceptors (Lipinski definition) is 3. The van der Waals surface area contributed by atoms with Gasteiger partial charge in [-0.25, -0.2) is 4.98 Å². The Hall–Kier alpha value is -2.55. The number of rotatable bonds is 8. The maximum Gasteiger partial charge on any atom is 0.194 e. The summed E-state index contributed by atoms with van der Waals surface area (Å²) in [5.41, 5.74) is 2.45. The molecule has 1 aromatic heterocycles. The van der Waals surface area contributed by atoms with Crippen molar-refractivity contribution in [1.29, 1.82) is 0 Å². The largest absolute Gasteiger partial charge is 0.494 e. The first-order valence-corrected chi connectivity index (χ1v) is 9.87. The van der Waals surface area contributed by atoms with Gasteiger partial charge < -0.3 is 19.5 Å². The average Bonchev–Trinajstić information content (AvgIpc) is 3.18. The molecule has 0 unspecified atom stereocenters. The van der Waals surface area contributed by atoms with Crippen molar-refractivity contribution in [2.24, 2.45) is 4.99 Å². The summed E-state index contributed by atoms with van der Waals surface area (Å²) >= 11 is 0. The van der Waals surface area contributed by atoms with Gasteiger partial charge in [0.1, 0.15) is 11.6 Å². The molecule has 0 aliphatic carbocycles. The highest BCUT2D eigenvalue weighted by atomic mass is 127. The van der Waals surface area contributed by atoms with Gasteiger partial charge in [0.25, 0.3) is 0 Å². The van der Waals surface area contributed by atoms with Gasteiger partial charge in [0.2, 0.25) is 0 Å². The number of benzene rings is 2. The molecule has 30 heavy (non-hydrogen) atoms. The molecular weight excluding hydrogens is 489 g/mol. The quantitative estimate of drug-likeness (QED) is 0.276. The Kier molecular flexibility index (Phi) is 9.66. The van der Waals surface area contributed by atoms with Crippen molar-refractivity contribution in [3.63, 3.8) is 0 Å². The standard InChI is InChI=1S/C23H29N5O.HI/c1-4-29-21-12-10-20(11-13-21)17-27(3)23(24-2)26-16-22-25-14-15-28(22)18-19-8-6-5-7-9-19;/h5-15H,4,16-18H2,1-3H3,(H,24,26);1H. The summed E-state index contributed by atoms with van der Waals surface area (Å²) in [7, 11) is 3.83. The Morgan fingerprint density at radius 2 is 1.83 bits per heavy atom. The second-order valence-corrected chi connectivity index (χ2v) is 6.79. The third kappa shape index (κ3) is 6.76. The molecule has 0 fully saturated rings. The normalized spacial score (nSPS) is 11.0. The molecule has 2 aromatic carbocycles. The average molecular weight is 519 g/mol. The van der Waals surface area contributed by atoms with Crippen LogP contribution < -0.4 is 10.1 Å². The van der Waals surface area contributed by atoms with Gasteiger partial charge in [-0.2, -0.15) is 0 Å². The molecule has 0 aliphatic heterocycles.